The van der Waals surface area contributed by atoms with E-state index in [1.165, 1.54) is 16.2 Å². The van der Waals surface area contributed by atoms with E-state index in [9.17, 15) is 0 Å². The lowest BCUT2D eigenvalue weighted by atomic mass is 9.92. The molecule has 0 saturated heterocycles. The molecule has 135 heavy (non-hydrogen) atoms. The normalized spacial score (nSPS) is 11.6. The van der Waals surface area contributed by atoms with Gasteiger partial charge in [0.1, 0.15) is 33.5 Å². The number of hydrogen-bond acceptors (Lipinski definition) is 12. The van der Waals surface area contributed by atoms with Crippen molar-refractivity contribution in [1.29, 1.82) is 0 Å². The summed E-state index contributed by atoms with van der Waals surface area (Å²) in [7, 11) is 0. The second-order valence-electron chi connectivity index (χ2n) is 33.7. The van der Waals surface area contributed by atoms with Crippen molar-refractivity contribution in [2.75, 3.05) is 0 Å². The van der Waals surface area contributed by atoms with Gasteiger partial charge in [0.25, 0.3) is 0 Å². The van der Waals surface area contributed by atoms with E-state index in [0.29, 0.717) is 52.4 Å². The molecule has 0 spiro atoms. The maximum Gasteiger partial charge on any atom is 0.164 e. The molecule has 0 saturated carbocycles. The van der Waals surface area contributed by atoms with Gasteiger partial charge in [-0.25, -0.2) is 44.9 Å². The predicted octanol–water partition coefficient (Wildman–Crippen LogP) is 32.2. The summed E-state index contributed by atoms with van der Waals surface area (Å²) >= 11 is 0. The first-order valence-corrected chi connectivity index (χ1v) is 45.1. The highest BCUT2D eigenvalue weighted by atomic mass is 16.3. The minimum absolute atomic E-state index is 0.640. The van der Waals surface area contributed by atoms with Crippen molar-refractivity contribution in [2.45, 2.75) is 0 Å². The third-order valence-electron chi connectivity index (χ3n) is 25.6. The van der Waals surface area contributed by atoms with E-state index >= 15 is 0 Å². The fourth-order valence-corrected chi connectivity index (χ4v) is 19.1. The highest BCUT2D eigenvalue weighted by Gasteiger charge is 2.25. The zero-order chi connectivity index (χ0) is 89.2. The van der Waals surface area contributed by atoms with Crippen molar-refractivity contribution >= 4 is 130 Å². The van der Waals surface area contributed by atoms with Crippen LogP contribution in [0.2, 0.25) is 0 Å². The van der Waals surface area contributed by atoms with Crippen LogP contribution in [-0.2, 0) is 0 Å². The molecule has 6 heterocycles. The average molecular weight is 1730 g/mol. The molecule has 0 fully saturated rings. The zero-order valence-corrected chi connectivity index (χ0v) is 72.6. The van der Waals surface area contributed by atoms with Crippen LogP contribution < -0.4 is 0 Å². The first-order chi connectivity index (χ1) is 66.9. The van der Waals surface area contributed by atoms with Gasteiger partial charge >= 0.3 is 0 Å². The van der Waals surface area contributed by atoms with E-state index in [-0.39, 0.29) is 0 Å². The molecular weight excluding hydrogens is 1650 g/mol. The van der Waals surface area contributed by atoms with Crippen molar-refractivity contribution in [1.82, 2.24) is 44.9 Å². The van der Waals surface area contributed by atoms with Crippen LogP contribution in [0.3, 0.4) is 0 Å². The topological polar surface area (TPSA) is 155 Å². The van der Waals surface area contributed by atoms with Crippen LogP contribution in [-0.4, -0.2) is 44.9 Å². The van der Waals surface area contributed by atoms with Gasteiger partial charge in [-0.2, -0.15) is 0 Å². The standard InChI is InChI=1S/3C41H25N3O/c2*1-2-12-27(13-3-1)39-42-40(29-22-21-26-11-4-5-14-28(26)25-29)44-41(43-39)34-24-23-32(30-15-6-7-16-31(30)34)33-18-10-20-37-38(33)35-17-8-9-19-36(35)45-37;1-2-11-27(12-3-1)39-42-40(30-19-18-26-10-4-5-13-28(26)24-30)44-41(43-39)35-22-21-31(32-14-6-7-15-33(32)35)29-20-23-38-36(25-29)34-16-8-9-17-37(34)45-38/h3*1-25H. The first kappa shape index (κ1) is 78.8. The van der Waals surface area contributed by atoms with E-state index in [4.69, 9.17) is 58.1 Å². The monoisotopic (exact) mass is 1730 g/mol. The van der Waals surface area contributed by atoms with Gasteiger partial charge in [0, 0.05) is 82.4 Å². The average Bonchev–Trinajstić information content (AvgIpc) is 1.69. The van der Waals surface area contributed by atoms with Gasteiger partial charge in [-0.15, -0.1) is 0 Å². The Labute approximate surface area is 774 Å². The number of nitrogens with zero attached hydrogens (tertiary/aromatic N) is 9. The third kappa shape index (κ3) is 14.6. The highest BCUT2D eigenvalue weighted by Crippen LogP contribution is 2.47. The van der Waals surface area contributed by atoms with Crippen molar-refractivity contribution in [3.8, 4) is 136 Å². The third-order valence-corrected chi connectivity index (χ3v) is 25.6. The molecule has 0 amide bonds. The van der Waals surface area contributed by atoms with Gasteiger partial charge in [-0.05, 0) is 177 Å². The SMILES string of the molecule is c1ccc(-c2nc(-c3ccc4ccccc4c3)nc(-c3ccc(-c4ccc5oc6ccccc6c5c4)c4ccccc34)n2)cc1.c1ccc(-c2nc(-c3ccc4ccccc4c3)nc(-c3ccc(-c4cccc5oc6ccccc6c45)c4ccccc34)n2)cc1.c1ccc(-c2nc(-c3ccc4ccccc4c3)nc(-c3ccc(-c4cccc5oc6ccccc6c45)c4ccccc34)n2)cc1. The molecule has 27 rings (SSSR count). The van der Waals surface area contributed by atoms with Crippen LogP contribution in [0.15, 0.2) is 468 Å². The summed E-state index contributed by atoms with van der Waals surface area (Å²) in [5.41, 5.74) is 20.7. The van der Waals surface area contributed by atoms with E-state index in [1.807, 2.05) is 140 Å². The lowest BCUT2D eigenvalue weighted by Gasteiger charge is -2.14. The number of aromatic nitrogens is 9. The fourth-order valence-electron chi connectivity index (χ4n) is 19.1. The van der Waals surface area contributed by atoms with Gasteiger partial charge in [0.15, 0.2) is 52.4 Å². The summed E-state index contributed by atoms with van der Waals surface area (Å²) in [6.45, 7) is 0. The maximum atomic E-state index is 6.23. The van der Waals surface area contributed by atoms with E-state index in [0.717, 1.165) is 198 Å². The molecule has 27 aromatic rings. The fraction of sp³-hybridized carbons (Fsp3) is 0. The first-order valence-electron chi connectivity index (χ1n) is 45.1. The molecule has 630 valence electrons. The maximum absolute atomic E-state index is 6.23. The van der Waals surface area contributed by atoms with Crippen LogP contribution in [0, 0.1) is 0 Å². The summed E-state index contributed by atoms with van der Waals surface area (Å²) < 4.78 is 18.6. The van der Waals surface area contributed by atoms with Crippen LogP contribution in [0.1, 0.15) is 0 Å². The number of fused-ring (bicyclic) bond motifs is 15. The largest absolute Gasteiger partial charge is 0.456 e. The minimum atomic E-state index is 0.640. The Morgan fingerprint density at radius 1 is 0.119 bits per heavy atom. The Kier molecular flexibility index (Phi) is 19.6. The number of para-hydroxylation sites is 3. The zero-order valence-electron chi connectivity index (χ0n) is 72.6. The molecular formula is C123H75N9O3. The smallest absolute Gasteiger partial charge is 0.164 e. The predicted molar refractivity (Wildman–Crippen MR) is 552 cm³/mol. The van der Waals surface area contributed by atoms with Crippen LogP contribution in [0.4, 0.5) is 0 Å². The summed E-state index contributed by atoms with van der Waals surface area (Å²) in [5, 5.41) is 20.3. The van der Waals surface area contributed by atoms with Crippen molar-refractivity contribution in [2.24, 2.45) is 0 Å². The molecule has 0 N–H and O–H groups in total. The van der Waals surface area contributed by atoms with E-state index in [2.05, 4.69) is 315 Å². The molecule has 6 aromatic heterocycles. The minimum Gasteiger partial charge on any atom is -0.456 e. The second-order valence-corrected chi connectivity index (χ2v) is 33.7. The van der Waals surface area contributed by atoms with E-state index in [1.54, 1.807) is 0 Å². The Balaban J connectivity index is 0.000000108. The molecule has 0 aliphatic rings. The number of benzene rings is 21. The van der Waals surface area contributed by atoms with Gasteiger partial charge in [0.05, 0.1) is 0 Å². The Morgan fingerprint density at radius 3 is 0.748 bits per heavy atom. The summed E-state index contributed by atoms with van der Waals surface area (Å²) in [5.74, 6) is 5.80. The van der Waals surface area contributed by atoms with Crippen LogP contribution in [0.25, 0.3) is 266 Å². The van der Waals surface area contributed by atoms with E-state index < -0.39 is 0 Å². The van der Waals surface area contributed by atoms with Gasteiger partial charge < -0.3 is 13.3 Å². The Hall–Kier alpha value is -18.4. The van der Waals surface area contributed by atoms with Crippen molar-refractivity contribution < 1.29 is 13.3 Å². The quantitative estimate of drug-likeness (QED) is 0.114. The summed E-state index contributed by atoms with van der Waals surface area (Å²) in [6, 6.07) is 157. The van der Waals surface area contributed by atoms with Crippen LogP contribution >= 0.6 is 0 Å². The molecule has 21 aromatic carbocycles. The molecule has 0 aliphatic heterocycles. The highest BCUT2D eigenvalue weighted by molar-refractivity contribution is 6.19. The van der Waals surface area contributed by atoms with Gasteiger partial charge in [0.2, 0.25) is 0 Å². The van der Waals surface area contributed by atoms with Crippen LogP contribution in [0.5, 0.6) is 0 Å². The summed E-state index contributed by atoms with van der Waals surface area (Å²) in [6.07, 6.45) is 0. The summed E-state index contributed by atoms with van der Waals surface area (Å²) in [4.78, 5) is 45.4. The molecule has 0 radical (unpaired) electrons. The Morgan fingerprint density at radius 2 is 0.370 bits per heavy atom. The molecule has 0 bridgehead atoms. The molecule has 12 heteroatoms. The molecule has 0 unspecified atom stereocenters. The van der Waals surface area contributed by atoms with Gasteiger partial charge in [-0.3, -0.25) is 0 Å². The van der Waals surface area contributed by atoms with Crippen molar-refractivity contribution in [3.05, 3.63) is 455 Å². The molecule has 12 nitrogen and oxygen atoms in total. The number of hydrogen-bond donors (Lipinski definition) is 0. The lowest BCUT2D eigenvalue weighted by molar-refractivity contribution is 0.668. The number of furan rings is 3. The molecule has 0 atom stereocenters. The lowest BCUT2D eigenvalue weighted by Crippen LogP contribution is -2.00. The number of rotatable bonds is 12. The van der Waals surface area contributed by atoms with Gasteiger partial charge in [-0.1, -0.05) is 376 Å². The molecule has 0 aliphatic carbocycles. The Bertz CT molecular complexity index is 9000. The van der Waals surface area contributed by atoms with Crippen molar-refractivity contribution in [3.63, 3.8) is 0 Å². The second kappa shape index (κ2) is 33.6.